The number of hydrazine groups is 1. The first-order valence-electron chi connectivity index (χ1n) is 9.58. The van der Waals surface area contributed by atoms with Gasteiger partial charge in [-0.15, -0.1) is 0 Å². The Kier molecular flexibility index (Phi) is 4.91. The molecule has 1 aromatic carbocycles. The number of hydrogen-bond donors (Lipinski definition) is 0. The van der Waals surface area contributed by atoms with E-state index in [1.165, 1.54) is 5.01 Å². The number of hydroxylamine groups is 2. The highest BCUT2D eigenvalue weighted by molar-refractivity contribution is 5.88. The molecule has 0 radical (unpaired) electrons. The predicted molar refractivity (Wildman–Crippen MR) is 99.5 cm³/mol. The molecular weight excluding hydrogens is 378 g/mol. The van der Waals surface area contributed by atoms with Crippen molar-refractivity contribution in [1.29, 1.82) is 0 Å². The van der Waals surface area contributed by atoms with Gasteiger partial charge in [-0.1, -0.05) is 37.3 Å². The third-order valence-electron chi connectivity index (χ3n) is 5.37. The Bertz CT molecular complexity index is 857. The number of rotatable bonds is 3. The average Bonchev–Trinajstić information content (AvgIpc) is 2.93. The van der Waals surface area contributed by atoms with E-state index in [0.29, 0.717) is 0 Å². The van der Waals surface area contributed by atoms with Crippen molar-refractivity contribution < 1.29 is 28.7 Å². The van der Waals surface area contributed by atoms with Crippen LogP contribution in [0.1, 0.15) is 26.3 Å². The predicted octanol–water partition coefficient (Wildman–Crippen LogP) is 2.45. The van der Waals surface area contributed by atoms with Gasteiger partial charge in [0.1, 0.15) is 12.7 Å². The normalized spacial score (nSPS) is 27.6. The highest BCUT2D eigenvalue weighted by Gasteiger charge is 2.61. The van der Waals surface area contributed by atoms with Crippen LogP contribution in [0.15, 0.2) is 42.0 Å². The van der Waals surface area contributed by atoms with Gasteiger partial charge in [-0.05, 0) is 31.1 Å². The van der Waals surface area contributed by atoms with E-state index in [4.69, 9.17) is 14.3 Å². The number of ether oxygens (including phenoxy) is 2. The zero-order valence-electron chi connectivity index (χ0n) is 16.5. The zero-order chi connectivity index (χ0) is 20.7. The van der Waals surface area contributed by atoms with E-state index in [2.05, 4.69) is 0 Å². The van der Waals surface area contributed by atoms with E-state index < -0.39 is 30.5 Å². The van der Waals surface area contributed by atoms with E-state index in [0.717, 1.165) is 21.2 Å². The summed E-state index contributed by atoms with van der Waals surface area (Å²) in [5.74, 6) is -0.566. The zero-order valence-corrected chi connectivity index (χ0v) is 16.5. The van der Waals surface area contributed by atoms with Gasteiger partial charge in [-0.25, -0.2) is 14.6 Å². The van der Waals surface area contributed by atoms with Crippen molar-refractivity contribution in [2.75, 3.05) is 6.61 Å². The lowest BCUT2D eigenvalue weighted by atomic mass is 9.84. The number of β-lactam (4-membered cyclic amide) rings is 1. The summed E-state index contributed by atoms with van der Waals surface area (Å²) < 4.78 is 10.5. The Morgan fingerprint density at radius 3 is 2.55 bits per heavy atom. The molecule has 4 unspecified atom stereocenters. The number of fused-ring (bicyclic) bond motifs is 1. The van der Waals surface area contributed by atoms with Crippen molar-refractivity contribution >= 4 is 18.1 Å². The monoisotopic (exact) mass is 401 g/mol. The lowest BCUT2D eigenvalue weighted by Gasteiger charge is -2.49. The lowest BCUT2D eigenvalue weighted by molar-refractivity contribution is -0.197. The van der Waals surface area contributed by atoms with Gasteiger partial charge in [-0.2, -0.15) is 10.1 Å². The Morgan fingerprint density at radius 1 is 1.14 bits per heavy atom. The molecule has 0 aromatic heterocycles. The average molecular weight is 401 g/mol. The fourth-order valence-corrected chi connectivity index (χ4v) is 3.89. The molecule has 0 saturated carbocycles. The van der Waals surface area contributed by atoms with E-state index in [9.17, 15) is 14.4 Å². The largest absolute Gasteiger partial charge is 0.448 e. The minimum absolute atomic E-state index is 0.0570. The van der Waals surface area contributed by atoms with Crippen LogP contribution in [-0.4, -0.2) is 58.1 Å². The second kappa shape index (κ2) is 7.40. The summed E-state index contributed by atoms with van der Waals surface area (Å²) in [7, 11) is 0. The molecule has 4 aliphatic rings. The van der Waals surface area contributed by atoms with Crippen molar-refractivity contribution in [3.05, 3.63) is 47.5 Å². The summed E-state index contributed by atoms with van der Waals surface area (Å²) in [6.07, 6.45) is -1.27. The van der Waals surface area contributed by atoms with E-state index >= 15 is 0 Å². The van der Waals surface area contributed by atoms with Crippen molar-refractivity contribution in [2.24, 2.45) is 5.92 Å². The maximum atomic E-state index is 12.8. The Morgan fingerprint density at radius 2 is 1.86 bits per heavy atom. The minimum Gasteiger partial charge on any atom is -0.448 e. The van der Waals surface area contributed by atoms with Crippen molar-refractivity contribution in [3.63, 3.8) is 0 Å². The smallest absolute Gasteiger partial charge is 0.436 e. The molecule has 29 heavy (non-hydrogen) atoms. The summed E-state index contributed by atoms with van der Waals surface area (Å²) >= 11 is 0. The molecule has 0 aliphatic carbocycles. The third-order valence-corrected chi connectivity index (χ3v) is 5.37. The summed E-state index contributed by atoms with van der Waals surface area (Å²) in [5.41, 5.74) is 1.66. The van der Waals surface area contributed by atoms with Gasteiger partial charge in [0, 0.05) is 0 Å². The van der Waals surface area contributed by atoms with E-state index in [-0.39, 0.29) is 25.0 Å². The first kappa shape index (κ1) is 19.3. The molecule has 2 bridgehead atoms. The van der Waals surface area contributed by atoms with Crippen LogP contribution in [0.25, 0.3) is 0 Å². The molecule has 9 heteroatoms. The maximum Gasteiger partial charge on any atom is 0.436 e. The molecule has 4 heterocycles. The first-order valence-corrected chi connectivity index (χ1v) is 9.58. The van der Waals surface area contributed by atoms with Gasteiger partial charge in [0.2, 0.25) is 5.91 Å². The van der Waals surface area contributed by atoms with Crippen LogP contribution >= 0.6 is 0 Å². The molecule has 5 rings (SSSR count). The molecule has 0 spiro atoms. The van der Waals surface area contributed by atoms with E-state index in [1.54, 1.807) is 19.9 Å². The maximum absolute atomic E-state index is 12.8. The van der Waals surface area contributed by atoms with Crippen LogP contribution in [0.2, 0.25) is 0 Å². The quantitative estimate of drug-likeness (QED) is 0.571. The van der Waals surface area contributed by atoms with Gasteiger partial charge < -0.3 is 9.47 Å². The molecular formula is C20H23N3O6. The molecule has 4 atom stereocenters. The molecule has 2 fully saturated rings. The Labute approximate surface area is 168 Å². The van der Waals surface area contributed by atoms with Gasteiger partial charge in [0.25, 0.3) is 0 Å². The van der Waals surface area contributed by atoms with E-state index in [1.807, 2.05) is 37.3 Å². The van der Waals surface area contributed by atoms with Crippen LogP contribution < -0.4 is 0 Å². The highest BCUT2D eigenvalue weighted by atomic mass is 16.7. The first-order chi connectivity index (χ1) is 13.9. The third kappa shape index (κ3) is 3.11. The lowest BCUT2D eigenvalue weighted by Crippen LogP contribution is -2.70. The molecule has 2 saturated heterocycles. The molecule has 9 nitrogen and oxygen atoms in total. The van der Waals surface area contributed by atoms with Crippen molar-refractivity contribution in [2.45, 2.75) is 45.7 Å². The summed E-state index contributed by atoms with van der Waals surface area (Å²) in [6.45, 7) is 5.50. The SMILES string of the molecule is CCOC(=O)N1C2C=C(C)C(ON2C(=O)OCc2ccccc2)C2C(C)C(=O)N21. The molecule has 1 aromatic rings. The number of carbonyl (C=O) groups excluding carboxylic acids is 3. The number of amides is 3. The van der Waals surface area contributed by atoms with Crippen LogP contribution in [0.4, 0.5) is 9.59 Å². The fraction of sp³-hybridized carbons (Fsp3) is 0.450. The number of nitrogens with zero attached hydrogens (tertiary/aromatic N) is 3. The topological polar surface area (TPSA) is 88.6 Å². The highest BCUT2D eigenvalue weighted by Crippen LogP contribution is 2.42. The second-order valence-corrected chi connectivity index (χ2v) is 7.22. The van der Waals surface area contributed by atoms with Gasteiger partial charge in [0.15, 0.2) is 6.17 Å². The minimum atomic E-state index is -0.977. The molecule has 154 valence electrons. The fourth-order valence-electron chi connectivity index (χ4n) is 3.89. The molecule has 3 amide bonds. The Hall–Kier alpha value is -3.07. The summed E-state index contributed by atoms with van der Waals surface area (Å²) in [6, 6.07) is 8.84. The van der Waals surface area contributed by atoms with Crippen LogP contribution in [0, 0.1) is 5.92 Å². The van der Waals surface area contributed by atoms with Gasteiger partial charge >= 0.3 is 12.2 Å². The van der Waals surface area contributed by atoms with Crippen LogP contribution in [0.5, 0.6) is 0 Å². The van der Waals surface area contributed by atoms with Crippen molar-refractivity contribution in [1.82, 2.24) is 15.1 Å². The molecule has 0 N–H and O–H groups in total. The standard InChI is InChI=1S/C20H23N3O6/c1-4-27-19(25)21-15-10-12(2)17(16-13(3)18(24)22(16)21)29-23(15)20(26)28-11-14-8-6-5-7-9-14/h5-10,13,15-17H,4,11H2,1-3H3. The summed E-state index contributed by atoms with van der Waals surface area (Å²) in [5, 5.41) is 3.50. The Balaban J connectivity index is 1.62. The number of benzene rings is 1. The summed E-state index contributed by atoms with van der Waals surface area (Å²) in [4.78, 5) is 44.0. The second-order valence-electron chi connectivity index (χ2n) is 7.22. The van der Waals surface area contributed by atoms with Crippen LogP contribution in [-0.2, 0) is 25.7 Å². The number of carbonyl (C=O) groups is 3. The van der Waals surface area contributed by atoms with Gasteiger partial charge in [-0.3, -0.25) is 9.63 Å². The molecule has 4 aliphatic heterocycles. The van der Waals surface area contributed by atoms with Crippen molar-refractivity contribution in [3.8, 4) is 0 Å². The van der Waals surface area contributed by atoms with Crippen LogP contribution in [0.3, 0.4) is 0 Å². The number of hydrogen-bond acceptors (Lipinski definition) is 6. The van der Waals surface area contributed by atoms with Gasteiger partial charge in [0.05, 0.1) is 18.6 Å².